The molecule has 3 aromatic rings. The van der Waals surface area contributed by atoms with Gasteiger partial charge in [-0.3, -0.25) is 5.10 Å². The normalized spacial score (nSPS) is 11.2. The molecule has 0 atom stereocenters. The molecule has 7 heteroatoms. The summed E-state index contributed by atoms with van der Waals surface area (Å²) in [5.74, 6) is 0.152. The predicted molar refractivity (Wildman–Crippen MR) is 68.4 cm³/mol. The fourth-order valence-corrected chi connectivity index (χ4v) is 2.63. The van der Waals surface area contributed by atoms with Crippen LogP contribution in [0.25, 0.3) is 16.9 Å². The Morgan fingerprint density at radius 3 is 3.00 bits per heavy atom. The number of aromatic nitrogens is 5. The fraction of sp³-hybridized carbons (Fsp3) is 0.100. The SMILES string of the molecule is Cc1nn(-c2ccn[nH]2)c2nc(F)cc(I)c12. The highest BCUT2D eigenvalue weighted by atomic mass is 127. The number of halogens is 2. The number of H-pyrrole nitrogens is 1. The van der Waals surface area contributed by atoms with E-state index < -0.39 is 5.95 Å². The number of aromatic amines is 1. The summed E-state index contributed by atoms with van der Waals surface area (Å²) in [5, 5.41) is 11.8. The molecule has 1 N–H and O–H groups in total. The number of rotatable bonds is 1. The summed E-state index contributed by atoms with van der Waals surface area (Å²) < 4.78 is 15.7. The maximum absolute atomic E-state index is 13.3. The third-order valence-electron chi connectivity index (χ3n) is 2.45. The minimum atomic E-state index is -0.512. The van der Waals surface area contributed by atoms with Crippen LogP contribution in [0.2, 0.25) is 0 Å². The Kier molecular flexibility index (Phi) is 2.35. The molecule has 86 valence electrons. The molecular formula is C10H7FIN5. The summed E-state index contributed by atoms with van der Waals surface area (Å²) in [4.78, 5) is 3.89. The zero-order valence-corrected chi connectivity index (χ0v) is 10.9. The molecule has 3 aromatic heterocycles. The van der Waals surface area contributed by atoms with E-state index in [0.717, 1.165) is 14.7 Å². The molecule has 17 heavy (non-hydrogen) atoms. The molecule has 3 rings (SSSR count). The fourth-order valence-electron chi connectivity index (χ4n) is 1.74. The Morgan fingerprint density at radius 2 is 2.29 bits per heavy atom. The van der Waals surface area contributed by atoms with E-state index in [1.165, 1.54) is 6.07 Å². The second-order valence-electron chi connectivity index (χ2n) is 3.56. The molecule has 3 heterocycles. The second-order valence-corrected chi connectivity index (χ2v) is 4.73. The van der Waals surface area contributed by atoms with Gasteiger partial charge in [0, 0.05) is 15.7 Å². The quantitative estimate of drug-likeness (QED) is 0.544. The van der Waals surface area contributed by atoms with Gasteiger partial charge in [0.15, 0.2) is 11.5 Å². The summed E-state index contributed by atoms with van der Waals surface area (Å²) in [6.45, 7) is 1.87. The van der Waals surface area contributed by atoms with Crippen LogP contribution in [0, 0.1) is 16.4 Å². The van der Waals surface area contributed by atoms with Gasteiger partial charge in [-0.2, -0.15) is 24.3 Å². The Bertz CT molecular complexity index is 688. The molecule has 0 bridgehead atoms. The van der Waals surface area contributed by atoms with E-state index in [2.05, 4.69) is 42.9 Å². The first-order valence-electron chi connectivity index (χ1n) is 4.88. The van der Waals surface area contributed by atoms with Gasteiger partial charge in [0.25, 0.3) is 0 Å². The van der Waals surface area contributed by atoms with Crippen LogP contribution in [0.3, 0.4) is 0 Å². The average Bonchev–Trinajstić information content (AvgIpc) is 2.85. The second kappa shape index (κ2) is 3.76. The molecule has 5 nitrogen and oxygen atoms in total. The average molecular weight is 343 g/mol. The smallest absolute Gasteiger partial charge is 0.215 e. The van der Waals surface area contributed by atoms with Gasteiger partial charge in [-0.25, -0.2) is 0 Å². The molecule has 0 amide bonds. The van der Waals surface area contributed by atoms with Gasteiger partial charge in [0.1, 0.15) is 0 Å². The van der Waals surface area contributed by atoms with Gasteiger partial charge in [0.2, 0.25) is 5.95 Å². The number of fused-ring (bicyclic) bond motifs is 1. The van der Waals surface area contributed by atoms with Gasteiger partial charge in [-0.1, -0.05) is 0 Å². The van der Waals surface area contributed by atoms with Crippen molar-refractivity contribution in [1.29, 1.82) is 0 Å². The van der Waals surface area contributed by atoms with E-state index in [1.807, 2.05) is 6.92 Å². The van der Waals surface area contributed by atoms with Crippen LogP contribution in [-0.2, 0) is 0 Å². The van der Waals surface area contributed by atoms with E-state index in [-0.39, 0.29) is 0 Å². The molecule has 0 aliphatic carbocycles. The maximum Gasteiger partial charge on any atom is 0.215 e. The number of nitrogens with zero attached hydrogens (tertiary/aromatic N) is 4. The monoisotopic (exact) mass is 343 g/mol. The van der Waals surface area contributed by atoms with Crippen LogP contribution in [0.5, 0.6) is 0 Å². The van der Waals surface area contributed by atoms with Gasteiger partial charge >= 0.3 is 0 Å². The number of nitrogens with one attached hydrogen (secondary N) is 1. The number of hydrogen-bond donors (Lipinski definition) is 1. The summed E-state index contributed by atoms with van der Waals surface area (Å²) in [7, 11) is 0. The lowest BCUT2D eigenvalue weighted by Gasteiger charge is -1.99. The Morgan fingerprint density at radius 1 is 1.47 bits per heavy atom. The molecule has 0 radical (unpaired) electrons. The minimum Gasteiger partial charge on any atom is -0.261 e. The molecular weight excluding hydrogens is 336 g/mol. The lowest BCUT2D eigenvalue weighted by atomic mass is 10.3. The van der Waals surface area contributed by atoms with Crippen molar-refractivity contribution in [1.82, 2.24) is 25.0 Å². The lowest BCUT2D eigenvalue weighted by Crippen LogP contribution is -1.99. The van der Waals surface area contributed by atoms with Gasteiger partial charge in [0.05, 0.1) is 17.3 Å². The third kappa shape index (κ3) is 1.61. The number of pyridine rings is 1. The largest absolute Gasteiger partial charge is 0.261 e. The Balaban J connectivity index is 2.41. The Labute approximate surface area is 109 Å². The van der Waals surface area contributed by atoms with Crippen LogP contribution in [0.15, 0.2) is 18.3 Å². The summed E-state index contributed by atoms with van der Waals surface area (Å²) in [6.07, 6.45) is 1.61. The topological polar surface area (TPSA) is 59.4 Å². The summed E-state index contributed by atoms with van der Waals surface area (Å²) in [6, 6.07) is 3.15. The Hall–Kier alpha value is -1.51. The molecule has 0 aromatic carbocycles. The van der Waals surface area contributed by atoms with Crippen molar-refractivity contribution in [2.75, 3.05) is 0 Å². The predicted octanol–water partition coefficient (Wildman–Crippen LogP) is 2.20. The lowest BCUT2D eigenvalue weighted by molar-refractivity contribution is 0.585. The van der Waals surface area contributed by atoms with E-state index in [9.17, 15) is 4.39 Å². The van der Waals surface area contributed by atoms with Crippen molar-refractivity contribution >= 4 is 33.6 Å². The highest BCUT2D eigenvalue weighted by Gasteiger charge is 2.15. The standard InChI is InChI=1S/C10H7FIN5/c1-5-9-6(12)4-7(11)14-10(9)17(16-5)8-2-3-13-15-8/h2-4H,1H3,(H,13,15). The number of hydrogen-bond acceptors (Lipinski definition) is 3. The van der Waals surface area contributed by atoms with Gasteiger partial charge in [-0.05, 0) is 29.5 Å². The maximum atomic E-state index is 13.3. The zero-order chi connectivity index (χ0) is 12.0. The van der Waals surface area contributed by atoms with Gasteiger partial charge < -0.3 is 0 Å². The highest BCUT2D eigenvalue weighted by Crippen LogP contribution is 2.24. The van der Waals surface area contributed by atoms with Crippen molar-refractivity contribution in [2.45, 2.75) is 6.92 Å². The molecule has 0 saturated carbocycles. The van der Waals surface area contributed by atoms with E-state index >= 15 is 0 Å². The molecule has 0 aliphatic heterocycles. The van der Waals surface area contributed by atoms with Crippen molar-refractivity contribution < 1.29 is 4.39 Å². The summed E-state index contributed by atoms with van der Waals surface area (Å²) in [5.41, 5.74) is 1.31. The molecule has 0 fully saturated rings. The first-order chi connectivity index (χ1) is 8.16. The van der Waals surface area contributed by atoms with Crippen molar-refractivity contribution in [2.24, 2.45) is 0 Å². The van der Waals surface area contributed by atoms with Crippen molar-refractivity contribution in [3.8, 4) is 5.82 Å². The van der Waals surface area contributed by atoms with Crippen LogP contribution in [-0.4, -0.2) is 25.0 Å². The summed E-state index contributed by atoms with van der Waals surface area (Å²) >= 11 is 2.08. The highest BCUT2D eigenvalue weighted by molar-refractivity contribution is 14.1. The third-order valence-corrected chi connectivity index (χ3v) is 3.30. The van der Waals surface area contributed by atoms with E-state index in [0.29, 0.717) is 11.5 Å². The molecule has 0 unspecified atom stereocenters. The minimum absolute atomic E-state index is 0.496. The van der Waals surface area contributed by atoms with Crippen molar-refractivity contribution in [3.05, 3.63) is 33.5 Å². The molecule has 0 saturated heterocycles. The molecule has 0 aliphatic rings. The van der Waals surface area contributed by atoms with Crippen molar-refractivity contribution in [3.63, 3.8) is 0 Å². The molecule has 0 spiro atoms. The van der Waals surface area contributed by atoms with E-state index in [4.69, 9.17) is 0 Å². The van der Waals surface area contributed by atoms with Crippen LogP contribution in [0.4, 0.5) is 4.39 Å². The zero-order valence-electron chi connectivity index (χ0n) is 8.78. The van der Waals surface area contributed by atoms with Crippen LogP contribution < -0.4 is 0 Å². The number of aryl methyl sites for hydroxylation is 1. The van der Waals surface area contributed by atoms with E-state index in [1.54, 1.807) is 16.9 Å². The van der Waals surface area contributed by atoms with Gasteiger partial charge in [-0.15, -0.1) is 0 Å². The van der Waals surface area contributed by atoms with Crippen LogP contribution >= 0.6 is 22.6 Å². The first kappa shape index (κ1) is 10.6. The van der Waals surface area contributed by atoms with Crippen LogP contribution in [0.1, 0.15) is 5.69 Å². The first-order valence-corrected chi connectivity index (χ1v) is 5.96.